The predicted octanol–water partition coefficient (Wildman–Crippen LogP) is 3.40. The number of anilines is 2. The summed E-state index contributed by atoms with van der Waals surface area (Å²) in [5, 5.41) is 10.5. The van der Waals surface area contributed by atoms with Gasteiger partial charge in [-0.25, -0.2) is 9.69 Å². The van der Waals surface area contributed by atoms with E-state index >= 15 is 0 Å². The fourth-order valence-corrected chi connectivity index (χ4v) is 3.46. The molecule has 0 atom stereocenters. The van der Waals surface area contributed by atoms with Gasteiger partial charge < -0.3 is 10.0 Å². The molecule has 1 heterocycles. The summed E-state index contributed by atoms with van der Waals surface area (Å²) in [6, 6.07) is 14.7. The van der Waals surface area contributed by atoms with Crippen LogP contribution in [0.1, 0.15) is 31.1 Å². The third kappa shape index (κ3) is 2.45. The molecule has 0 saturated heterocycles. The number of rotatable bonds is 3. The zero-order valence-electron chi connectivity index (χ0n) is 14.8. The van der Waals surface area contributed by atoms with Crippen molar-refractivity contribution in [3.8, 4) is 0 Å². The van der Waals surface area contributed by atoms with Gasteiger partial charge >= 0.3 is 5.97 Å². The van der Waals surface area contributed by atoms with Gasteiger partial charge in [-0.3, -0.25) is 9.59 Å². The number of hydrogen-bond donors (Lipinski definition) is 1. The molecule has 2 amide bonds. The van der Waals surface area contributed by atoms with Gasteiger partial charge in [-0.15, -0.1) is 0 Å². The largest absolute Gasteiger partial charge is 0.478 e. The number of carboxylic acids is 1. The summed E-state index contributed by atoms with van der Waals surface area (Å²) in [7, 11) is 3.82. The lowest BCUT2D eigenvalue weighted by atomic mass is 9.92. The Labute approximate surface area is 155 Å². The van der Waals surface area contributed by atoms with Crippen LogP contribution >= 0.6 is 0 Å². The van der Waals surface area contributed by atoms with Crippen LogP contribution in [0.4, 0.5) is 11.4 Å². The number of hydrogen-bond acceptors (Lipinski definition) is 4. The number of aromatic carboxylic acids is 1. The van der Waals surface area contributed by atoms with Crippen LogP contribution < -0.4 is 9.80 Å². The van der Waals surface area contributed by atoms with E-state index in [2.05, 4.69) is 0 Å². The highest BCUT2D eigenvalue weighted by atomic mass is 16.4. The zero-order chi connectivity index (χ0) is 19.3. The summed E-state index contributed by atoms with van der Waals surface area (Å²) in [5.41, 5.74) is 2.26. The zero-order valence-corrected chi connectivity index (χ0v) is 14.8. The van der Waals surface area contributed by atoms with Crippen molar-refractivity contribution in [1.29, 1.82) is 0 Å². The van der Waals surface area contributed by atoms with E-state index in [0.29, 0.717) is 22.2 Å². The minimum atomic E-state index is -1.07. The highest BCUT2D eigenvalue weighted by Gasteiger charge is 2.34. The average molecular weight is 360 g/mol. The molecule has 6 nitrogen and oxygen atoms in total. The summed E-state index contributed by atoms with van der Waals surface area (Å²) in [4.78, 5) is 40.3. The highest BCUT2D eigenvalue weighted by molar-refractivity contribution is 6.36. The van der Waals surface area contributed by atoms with Gasteiger partial charge in [-0.05, 0) is 42.5 Å². The molecule has 3 aromatic rings. The number of nitrogens with zero attached hydrogens (tertiary/aromatic N) is 2. The normalized spacial score (nSPS) is 13.2. The Morgan fingerprint density at radius 1 is 0.889 bits per heavy atom. The van der Waals surface area contributed by atoms with Crippen molar-refractivity contribution < 1.29 is 19.5 Å². The van der Waals surface area contributed by atoms with Crippen LogP contribution in [0.3, 0.4) is 0 Å². The Bertz CT molecular complexity index is 1090. The fraction of sp³-hybridized carbons (Fsp3) is 0.0952. The van der Waals surface area contributed by atoms with Crippen molar-refractivity contribution in [2.24, 2.45) is 0 Å². The molecule has 1 aliphatic rings. The van der Waals surface area contributed by atoms with Gasteiger partial charge in [-0.1, -0.05) is 12.1 Å². The van der Waals surface area contributed by atoms with Gasteiger partial charge in [0.1, 0.15) is 0 Å². The van der Waals surface area contributed by atoms with Gasteiger partial charge in [0.15, 0.2) is 0 Å². The second-order valence-corrected chi connectivity index (χ2v) is 6.55. The van der Waals surface area contributed by atoms with E-state index in [0.717, 1.165) is 16.0 Å². The molecule has 0 radical (unpaired) electrons. The summed E-state index contributed by atoms with van der Waals surface area (Å²) < 4.78 is 0. The Kier molecular flexibility index (Phi) is 3.70. The predicted molar refractivity (Wildman–Crippen MR) is 103 cm³/mol. The third-order valence-electron chi connectivity index (χ3n) is 4.74. The minimum absolute atomic E-state index is 0.0915. The Morgan fingerprint density at radius 3 is 2.11 bits per heavy atom. The fourth-order valence-electron chi connectivity index (χ4n) is 3.46. The second kappa shape index (κ2) is 5.95. The van der Waals surface area contributed by atoms with Crippen LogP contribution in [0.15, 0.2) is 54.6 Å². The first-order valence-electron chi connectivity index (χ1n) is 8.35. The van der Waals surface area contributed by atoms with Crippen LogP contribution in [0.5, 0.6) is 0 Å². The molecule has 6 heteroatoms. The lowest BCUT2D eigenvalue weighted by Gasteiger charge is -2.28. The van der Waals surface area contributed by atoms with Crippen LogP contribution in [-0.2, 0) is 0 Å². The maximum Gasteiger partial charge on any atom is 0.335 e. The van der Waals surface area contributed by atoms with Crippen molar-refractivity contribution in [3.63, 3.8) is 0 Å². The van der Waals surface area contributed by atoms with Crippen LogP contribution in [0.25, 0.3) is 10.8 Å². The summed E-state index contributed by atoms with van der Waals surface area (Å²) in [5.74, 6) is -1.90. The molecule has 0 bridgehead atoms. The Balaban J connectivity index is 1.90. The van der Waals surface area contributed by atoms with Gasteiger partial charge in [0.25, 0.3) is 11.8 Å². The smallest absolute Gasteiger partial charge is 0.335 e. The number of amides is 2. The Hall–Kier alpha value is -3.67. The quantitative estimate of drug-likeness (QED) is 0.724. The van der Waals surface area contributed by atoms with E-state index < -0.39 is 17.8 Å². The number of carbonyl (C=O) groups is 3. The van der Waals surface area contributed by atoms with E-state index in [4.69, 9.17) is 5.11 Å². The van der Waals surface area contributed by atoms with E-state index in [1.54, 1.807) is 18.2 Å². The summed E-state index contributed by atoms with van der Waals surface area (Å²) >= 11 is 0. The summed E-state index contributed by atoms with van der Waals surface area (Å²) in [6.45, 7) is 0. The first kappa shape index (κ1) is 16.8. The van der Waals surface area contributed by atoms with Gasteiger partial charge in [0, 0.05) is 41.7 Å². The summed E-state index contributed by atoms with van der Waals surface area (Å²) in [6.07, 6.45) is 0. The van der Waals surface area contributed by atoms with E-state index in [1.807, 2.05) is 31.1 Å². The highest BCUT2D eigenvalue weighted by Crippen LogP contribution is 2.36. The lowest BCUT2D eigenvalue weighted by molar-refractivity contribution is 0.0696. The van der Waals surface area contributed by atoms with E-state index in [-0.39, 0.29) is 5.56 Å². The molecule has 4 rings (SSSR count). The van der Waals surface area contributed by atoms with Gasteiger partial charge in [-0.2, -0.15) is 0 Å². The SMILES string of the molecule is CN(C)c1ccc2c3c(cccc13)C(=O)N(c1ccc(C(=O)O)cc1)C2=O. The molecule has 0 spiro atoms. The van der Waals surface area contributed by atoms with Gasteiger partial charge in [0.05, 0.1) is 11.3 Å². The third-order valence-corrected chi connectivity index (χ3v) is 4.74. The average Bonchev–Trinajstić information content (AvgIpc) is 2.66. The second-order valence-electron chi connectivity index (χ2n) is 6.55. The molecular formula is C21H16N2O4. The monoisotopic (exact) mass is 360 g/mol. The van der Waals surface area contributed by atoms with Crippen molar-refractivity contribution in [2.45, 2.75) is 0 Å². The van der Waals surface area contributed by atoms with Crippen LogP contribution in [-0.4, -0.2) is 37.0 Å². The molecular weight excluding hydrogens is 344 g/mol. The van der Waals surface area contributed by atoms with E-state index in [1.165, 1.54) is 24.3 Å². The van der Waals surface area contributed by atoms with Gasteiger partial charge in [0.2, 0.25) is 0 Å². The maximum absolute atomic E-state index is 13.1. The van der Waals surface area contributed by atoms with Crippen molar-refractivity contribution in [1.82, 2.24) is 0 Å². The molecule has 1 aliphatic heterocycles. The molecule has 134 valence electrons. The topological polar surface area (TPSA) is 77.9 Å². The molecule has 0 fully saturated rings. The number of carbonyl (C=O) groups excluding carboxylic acids is 2. The lowest BCUT2D eigenvalue weighted by Crippen LogP contribution is -2.40. The Morgan fingerprint density at radius 2 is 1.52 bits per heavy atom. The van der Waals surface area contributed by atoms with Crippen molar-refractivity contribution in [3.05, 3.63) is 71.3 Å². The maximum atomic E-state index is 13.1. The number of benzene rings is 3. The van der Waals surface area contributed by atoms with Crippen molar-refractivity contribution in [2.75, 3.05) is 23.9 Å². The van der Waals surface area contributed by atoms with Crippen LogP contribution in [0, 0.1) is 0 Å². The molecule has 0 saturated carbocycles. The first-order chi connectivity index (χ1) is 12.9. The molecule has 0 aliphatic carbocycles. The van der Waals surface area contributed by atoms with E-state index in [9.17, 15) is 14.4 Å². The molecule has 3 aromatic carbocycles. The molecule has 1 N–H and O–H groups in total. The van der Waals surface area contributed by atoms with Crippen molar-refractivity contribution >= 4 is 39.9 Å². The molecule has 0 aromatic heterocycles. The molecule has 27 heavy (non-hydrogen) atoms. The number of carboxylic acid groups (broad SMARTS) is 1. The minimum Gasteiger partial charge on any atom is -0.478 e. The molecule has 0 unspecified atom stereocenters. The first-order valence-corrected chi connectivity index (χ1v) is 8.35. The van der Waals surface area contributed by atoms with Crippen LogP contribution in [0.2, 0.25) is 0 Å². The number of imide groups is 1. The standard InChI is InChI=1S/C21H16N2O4/c1-22(2)17-11-10-16-18-14(17)4-3-5-15(18)19(24)23(20(16)25)13-8-6-12(7-9-13)21(26)27/h3-11H,1-2H3,(H,26,27).